The maximum absolute atomic E-state index is 15.0. The van der Waals surface area contributed by atoms with Crippen LogP contribution in [0.25, 0.3) is 0 Å². The molecule has 3 unspecified atom stereocenters. The van der Waals surface area contributed by atoms with Crippen molar-refractivity contribution in [1.82, 2.24) is 0 Å². The van der Waals surface area contributed by atoms with Crippen LogP contribution in [0.2, 0.25) is 0 Å². The van der Waals surface area contributed by atoms with Crippen molar-refractivity contribution >= 4 is 0 Å². The van der Waals surface area contributed by atoms with E-state index < -0.39 is 29.5 Å². The third-order valence-electron chi connectivity index (χ3n) is 8.46. The van der Waals surface area contributed by atoms with Crippen LogP contribution in [0.3, 0.4) is 0 Å². The summed E-state index contributed by atoms with van der Waals surface area (Å²) in [5.41, 5.74) is 0.266. The zero-order chi connectivity index (χ0) is 20.5. The Kier molecular flexibility index (Phi) is 6.56. The molecule has 0 aliphatic heterocycles. The number of rotatable bonds is 3. The van der Waals surface area contributed by atoms with Gasteiger partial charge >= 0.3 is 0 Å². The van der Waals surface area contributed by atoms with E-state index in [2.05, 4.69) is 6.92 Å². The molecule has 0 nitrogen and oxygen atoms in total. The van der Waals surface area contributed by atoms with Gasteiger partial charge in [-0.15, -0.1) is 0 Å². The smallest absolute Gasteiger partial charge is 0.194 e. The number of hydrogen-bond acceptors (Lipinski definition) is 0. The van der Waals surface area contributed by atoms with E-state index in [4.69, 9.17) is 0 Å². The van der Waals surface area contributed by atoms with Gasteiger partial charge in [0.1, 0.15) is 6.17 Å². The lowest BCUT2D eigenvalue weighted by Crippen LogP contribution is -2.32. The molecule has 0 amide bonds. The van der Waals surface area contributed by atoms with Gasteiger partial charge in [-0.25, -0.2) is 17.6 Å². The lowest BCUT2D eigenvalue weighted by molar-refractivity contribution is 0.0830. The van der Waals surface area contributed by atoms with Crippen LogP contribution in [0.1, 0.15) is 89.0 Å². The number of benzene rings is 1. The zero-order valence-electron chi connectivity index (χ0n) is 17.5. The molecule has 3 aliphatic rings. The van der Waals surface area contributed by atoms with Crippen molar-refractivity contribution in [2.45, 2.75) is 89.6 Å². The van der Waals surface area contributed by atoms with Gasteiger partial charge in [0.25, 0.3) is 0 Å². The van der Waals surface area contributed by atoms with Crippen molar-refractivity contribution < 1.29 is 17.6 Å². The van der Waals surface area contributed by atoms with Crippen molar-refractivity contribution in [2.24, 2.45) is 29.6 Å². The molecule has 0 saturated heterocycles. The van der Waals surface area contributed by atoms with E-state index in [-0.39, 0.29) is 5.56 Å². The van der Waals surface area contributed by atoms with E-state index >= 15 is 0 Å². The molecule has 0 N–H and O–H groups in total. The summed E-state index contributed by atoms with van der Waals surface area (Å²) < 4.78 is 55.3. The van der Waals surface area contributed by atoms with E-state index in [9.17, 15) is 17.6 Å². The molecule has 1 aromatic carbocycles. The monoisotopic (exact) mass is 410 g/mol. The minimum Gasteiger partial charge on any atom is -0.247 e. The van der Waals surface area contributed by atoms with Gasteiger partial charge in [0.05, 0.1) is 0 Å². The predicted molar refractivity (Wildman–Crippen MR) is 108 cm³/mol. The topological polar surface area (TPSA) is 0 Å². The third-order valence-corrected chi connectivity index (χ3v) is 8.46. The molecule has 162 valence electrons. The third kappa shape index (κ3) is 4.66. The fraction of sp³-hybridized carbons (Fsp3) is 0.760. The summed E-state index contributed by atoms with van der Waals surface area (Å²) in [5.74, 6) is -0.796. The van der Waals surface area contributed by atoms with Crippen molar-refractivity contribution in [2.75, 3.05) is 0 Å². The standard InChI is InChI=1S/C25H34F4/c1-15-2-4-16(5-3-15)17-6-8-18(9-7-17)19-10-11-21(22(26)12-19)20-13-23(27)25(29)24(28)14-20/h13-19,21-22H,2-12H2,1H3. The number of halogens is 4. The summed E-state index contributed by atoms with van der Waals surface area (Å²) >= 11 is 0. The Morgan fingerprint density at radius 3 is 1.62 bits per heavy atom. The van der Waals surface area contributed by atoms with E-state index in [1.54, 1.807) is 0 Å². The highest BCUT2D eigenvalue weighted by atomic mass is 19.2. The van der Waals surface area contributed by atoms with Crippen molar-refractivity contribution in [1.29, 1.82) is 0 Å². The van der Waals surface area contributed by atoms with Crippen molar-refractivity contribution in [3.8, 4) is 0 Å². The van der Waals surface area contributed by atoms with Crippen LogP contribution in [0.5, 0.6) is 0 Å². The Morgan fingerprint density at radius 2 is 1.10 bits per heavy atom. The zero-order valence-corrected chi connectivity index (χ0v) is 17.5. The highest BCUT2D eigenvalue weighted by Gasteiger charge is 2.38. The second-order valence-electron chi connectivity index (χ2n) is 10.2. The first-order valence-corrected chi connectivity index (χ1v) is 11.7. The summed E-state index contributed by atoms with van der Waals surface area (Å²) in [4.78, 5) is 0. The Balaban J connectivity index is 1.30. The van der Waals surface area contributed by atoms with Crippen LogP contribution >= 0.6 is 0 Å². The molecule has 3 fully saturated rings. The molecule has 3 saturated carbocycles. The van der Waals surface area contributed by atoms with Crippen LogP contribution < -0.4 is 0 Å². The van der Waals surface area contributed by atoms with Crippen LogP contribution in [0, 0.1) is 47.0 Å². The van der Waals surface area contributed by atoms with Gasteiger partial charge < -0.3 is 0 Å². The number of hydrogen-bond donors (Lipinski definition) is 0. The quantitative estimate of drug-likeness (QED) is 0.350. The van der Waals surface area contributed by atoms with Gasteiger partial charge in [-0.3, -0.25) is 0 Å². The SMILES string of the molecule is CC1CCC(C2CCC(C3CCC(c4cc(F)c(F)c(F)c4)C(F)C3)CC2)CC1. The molecular formula is C25H34F4. The average Bonchev–Trinajstić information content (AvgIpc) is 2.72. The molecule has 4 heteroatoms. The molecular weight excluding hydrogens is 376 g/mol. The molecule has 0 heterocycles. The lowest BCUT2D eigenvalue weighted by atomic mass is 9.64. The minimum atomic E-state index is -1.47. The maximum atomic E-state index is 15.0. The molecule has 0 spiro atoms. The van der Waals surface area contributed by atoms with Crippen LogP contribution in [-0.2, 0) is 0 Å². The summed E-state index contributed by atoms with van der Waals surface area (Å²) in [6.07, 6.45) is 11.4. The van der Waals surface area contributed by atoms with Gasteiger partial charge in [-0.05, 0) is 105 Å². The lowest BCUT2D eigenvalue weighted by Gasteiger charge is -2.42. The summed E-state index contributed by atoms with van der Waals surface area (Å²) in [6.45, 7) is 2.37. The first kappa shape index (κ1) is 21.2. The Hall–Kier alpha value is -1.06. The molecule has 0 radical (unpaired) electrons. The highest BCUT2D eigenvalue weighted by molar-refractivity contribution is 5.25. The largest absolute Gasteiger partial charge is 0.247 e. The van der Waals surface area contributed by atoms with Crippen LogP contribution in [0.4, 0.5) is 17.6 Å². The first-order valence-electron chi connectivity index (χ1n) is 11.7. The van der Waals surface area contributed by atoms with Crippen LogP contribution in [-0.4, -0.2) is 6.17 Å². The normalized spacial score (nSPS) is 38.7. The van der Waals surface area contributed by atoms with E-state index in [0.717, 1.165) is 36.3 Å². The van der Waals surface area contributed by atoms with E-state index in [0.29, 0.717) is 24.7 Å². The highest BCUT2D eigenvalue weighted by Crippen LogP contribution is 2.48. The van der Waals surface area contributed by atoms with Gasteiger partial charge in [0.2, 0.25) is 0 Å². The summed E-state index contributed by atoms with van der Waals surface area (Å²) in [6, 6.07) is 1.96. The Bertz CT molecular complexity index is 663. The van der Waals surface area contributed by atoms with E-state index in [1.165, 1.54) is 51.4 Å². The van der Waals surface area contributed by atoms with Crippen molar-refractivity contribution in [3.63, 3.8) is 0 Å². The molecule has 0 bridgehead atoms. The summed E-state index contributed by atoms with van der Waals surface area (Å²) in [7, 11) is 0. The molecule has 3 aliphatic carbocycles. The maximum Gasteiger partial charge on any atom is 0.194 e. The molecule has 29 heavy (non-hydrogen) atoms. The second kappa shape index (κ2) is 8.98. The molecule has 4 rings (SSSR count). The molecule has 0 aromatic heterocycles. The van der Waals surface area contributed by atoms with Crippen LogP contribution in [0.15, 0.2) is 12.1 Å². The predicted octanol–water partition coefficient (Wildman–Crippen LogP) is 7.96. The second-order valence-corrected chi connectivity index (χ2v) is 10.2. The average molecular weight is 411 g/mol. The Morgan fingerprint density at radius 1 is 0.655 bits per heavy atom. The fourth-order valence-electron chi connectivity index (χ4n) is 6.58. The van der Waals surface area contributed by atoms with Gasteiger partial charge in [-0.1, -0.05) is 19.8 Å². The van der Waals surface area contributed by atoms with Gasteiger partial charge in [-0.2, -0.15) is 0 Å². The summed E-state index contributed by atoms with van der Waals surface area (Å²) in [5, 5.41) is 0. The fourth-order valence-corrected chi connectivity index (χ4v) is 6.58. The Labute approximate surface area is 172 Å². The molecule has 3 atom stereocenters. The van der Waals surface area contributed by atoms with E-state index in [1.807, 2.05) is 0 Å². The first-order chi connectivity index (χ1) is 13.9. The van der Waals surface area contributed by atoms with Gasteiger partial charge in [0, 0.05) is 5.92 Å². The number of alkyl halides is 1. The van der Waals surface area contributed by atoms with Gasteiger partial charge in [0.15, 0.2) is 17.5 Å². The van der Waals surface area contributed by atoms with Crippen molar-refractivity contribution in [3.05, 3.63) is 35.1 Å². The molecule has 1 aromatic rings. The minimum absolute atomic E-state index is 0.266.